The highest BCUT2D eigenvalue weighted by Crippen LogP contribution is 2.17. The fourth-order valence-corrected chi connectivity index (χ4v) is 1.95. The van der Waals surface area contributed by atoms with Gasteiger partial charge in [-0.25, -0.2) is 0 Å². The van der Waals surface area contributed by atoms with Gasteiger partial charge in [0, 0.05) is 25.2 Å². The molecule has 0 aliphatic heterocycles. The van der Waals surface area contributed by atoms with E-state index in [0.717, 1.165) is 45.1 Å². The minimum atomic E-state index is 0. The molecule has 0 aliphatic rings. The van der Waals surface area contributed by atoms with Crippen molar-refractivity contribution in [1.29, 1.82) is 0 Å². The van der Waals surface area contributed by atoms with E-state index in [1.54, 1.807) is 0 Å². The SMILES string of the molecule is CCOc1ccccc1CNCCN(CC)CC.Cl.Cl. The number of nitrogens with zero attached hydrogens (tertiary/aromatic N) is 1. The first-order chi connectivity index (χ1) is 8.81. The molecule has 0 saturated carbocycles. The lowest BCUT2D eigenvalue weighted by molar-refractivity contribution is 0.301. The highest BCUT2D eigenvalue weighted by molar-refractivity contribution is 5.85. The van der Waals surface area contributed by atoms with Gasteiger partial charge in [-0.3, -0.25) is 0 Å². The van der Waals surface area contributed by atoms with Crippen molar-refractivity contribution in [3.63, 3.8) is 0 Å². The Labute approximate surface area is 135 Å². The number of halogens is 2. The zero-order chi connectivity index (χ0) is 13.2. The molecule has 0 saturated heterocycles. The Balaban J connectivity index is 0. The predicted molar refractivity (Wildman–Crippen MR) is 91.6 cm³/mol. The van der Waals surface area contributed by atoms with Gasteiger partial charge in [0.05, 0.1) is 6.61 Å². The van der Waals surface area contributed by atoms with E-state index in [0.29, 0.717) is 0 Å². The van der Waals surface area contributed by atoms with Crippen LogP contribution in [0.25, 0.3) is 0 Å². The van der Waals surface area contributed by atoms with Crippen LogP contribution in [-0.4, -0.2) is 37.7 Å². The molecule has 0 aliphatic carbocycles. The lowest BCUT2D eigenvalue weighted by Gasteiger charge is -2.18. The first kappa shape index (κ1) is 21.8. The summed E-state index contributed by atoms with van der Waals surface area (Å²) in [5.41, 5.74) is 1.24. The van der Waals surface area contributed by atoms with E-state index in [-0.39, 0.29) is 24.8 Å². The molecule has 0 radical (unpaired) electrons. The zero-order valence-electron chi connectivity index (χ0n) is 12.7. The molecule has 3 nitrogen and oxygen atoms in total. The molecule has 0 spiro atoms. The standard InChI is InChI=1S/C15H26N2O.2ClH/c1-4-17(5-2)12-11-16-13-14-9-7-8-10-15(14)18-6-3;;/h7-10,16H,4-6,11-13H2,1-3H3;2*1H. The van der Waals surface area contributed by atoms with Gasteiger partial charge in [-0.2, -0.15) is 0 Å². The highest BCUT2D eigenvalue weighted by atomic mass is 35.5. The van der Waals surface area contributed by atoms with Crippen LogP contribution < -0.4 is 10.1 Å². The molecule has 0 heterocycles. The second-order valence-corrected chi connectivity index (χ2v) is 4.24. The van der Waals surface area contributed by atoms with Crippen molar-refractivity contribution < 1.29 is 4.74 Å². The van der Waals surface area contributed by atoms with Crippen LogP contribution >= 0.6 is 24.8 Å². The number of benzene rings is 1. The van der Waals surface area contributed by atoms with E-state index >= 15 is 0 Å². The van der Waals surface area contributed by atoms with Crippen LogP contribution in [0.5, 0.6) is 5.75 Å². The van der Waals surface area contributed by atoms with Crippen molar-refractivity contribution in [2.75, 3.05) is 32.8 Å². The third kappa shape index (κ3) is 7.95. The normalized spacial score (nSPS) is 9.80. The second-order valence-electron chi connectivity index (χ2n) is 4.24. The van der Waals surface area contributed by atoms with Gasteiger partial charge in [-0.05, 0) is 26.1 Å². The highest BCUT2D eigenvalue weighted by Gasteiger charge is 2.02. The first-order valence-corrected chi connectivity index (χ1v) is 6.95. The molecule has 0 aromatic heterocycles. The van der Waals surface area contributed by atoms with Gasteiger partial charge in [-0.15, -0.1) is 24.8 Å². The zero-order valence-corrected chi connectivity index (χ0v) is 14.4. The summed E-state index contributed by atoms with van der Waals surface area (Å²) in [4.78, 5) is 2.42. The van der Waals surface area contributed by atoms with Crippen molar-refractivity contribution in [2.24, 2.45) is 0 Å². The molecule has 1 N–H and O–H groups in total. The average Bonchev–Trinajstić information content (AvgIpc) is 2.41. The summed E-state index contributed by atoms with van der Waals surface area (Å²) in [7, 11) is 0. The van der Waals surface area contributed by atoms with Gasteiger partial charge in [0.1, 0.15) is 5.75 Å². The molecule has 0 unspecified atom stereocenters. The van der Waals surface area contributed by atoms with Gasteiger partial charge in [0.15, 0.2) is 0 Å². The molecule has 20 heavy (non-hydrogen) atoms. The number of likely N-dealkylation sites (N-methyl/N-ethyl adjacent to an activating group) is 1. The molecule has 1 aromatic carbocycles. The van der Waals surface area contributed by atoms with Crippen molar-refractivity contribution >= 4 is 24.8 Å². The van der Waals surface area contributed by atoms with E-state index in [4.69, 9.17) is 4.74 Å². The number of nitrogens with one attached hydrogen (secondary N) is 1. The topological polar surface area (TPSA) is 24.5 Å². The predicted octanol–water partition coefficient (Wildman–Crippen LogP) is 3.36. The lowest BCUT2D eigenvalue weighted by Crippen LogP contribution is -2.31. The lowest BCUT2D eigenvalue weighted by atomic mass is 10.2. The number of hydrogen-bond acceptors (Lipinski definition) is 3. The van der Waals surface area contributed by atoms with Crippen LogP contribution in [0.3, 0.4) is 0 Å². The molecule has 0 fully saturated rings. The molecule has 1 rings (SSSR count). The summed E-state index contributed by atoms with van der Waals surface area (Å²) < 4.78 is 5.61. The van der Waals surface area contributed by atoms with E-state index in [2.05, 4.69) is 36.2 Å². The molecule has 0 atom stereocenters. The van der Waals surface area contributed by atoms with Gasteiger partial charge in [-0.1, -0.05) is 32.0 Å². The van der Waals surface area contributed by atoms with Gasteiger partial charge in [0.2, 0.25) is 0 Å². The van der Waals surface area contributed by atoms with Crippen LogP contribution in [0.15, 0.2) is 24.3 Å². The summed E-state index contributed by atoms with van der Waals surface area (Å²) in [6, 6.07) is 8.23. The second kappa shape index (κ2) is 13.5. The smallest absolute Gasteiger partial charge is 0.123 e. The molecule has 0 bridgehead atoms. The summed E-state index contributed by atoms with van der Waals surface area (Å²) >= 11 is 0. The third-order valence-corrected chi connectivity index (χ3v) is 3.09. The number of para-hydroxylation sites is 1. The summed E-state index contributed by atoms with van der Waals surface area (Å²) in [5, 5.41) is 3.48. The molecular weight excluding hydrogens is 295 g/mol. The molecule has 0 amide bonds. The molecule has 1 aromatic rings. The summed E-state index contributed by atoms with van der Waals surface area (Å²) in [6.07, 6.45) is 0. The Morgan fingerprint density at radius 2 is 1.70 bits per heavy atom. The summed E-state index contributed by atoms with van der Waals surface area (Å²) in [5.74, 6) is 0.996. The van der Waals surface area contributed by atoms with Gasteiger partial charge in [0.25, 0.3) is 0 Å². The maximum Gasteiger partial charge on any atom is 0.123 e. The minimum absolute atomic E-state index is 0. The molecule has 118 valence electrons. The fourth-order valence-electron chi connectivity index (χ4n) is 1.95. The quantitative estimate of drug-likeness (QED) is 0.705. The van der Waals surface area contributed by atoms with Crippen molar-refractivity contribution in [2.45, 2.75) is 27.3 Å². The Morgan fingerprint density at radius 3 is 2.30 bits per heavy atom. The maximum absolute atomic E-state index is 5.61. The monoisotopic (exact) mass is 322 g/mol. The van der Waals surface area contributed by atoms with Crippen molar-refractivity contribution in [1.82, 2.24) is 10.2 Å². The van der Waals surface area contributed by atoms with E-state index in [9.17, 15) is 0 Å². The number of ether oxygens (including phenoxy) is 1. The number of hydrogen-bond donors (Lipinski definition) is 1. The van der Waals surface area contributed by atoms with E-state index < -0.39 is 0 Å². The Kier molecular flexibility index (Phi) is 14.7. The van der Waals surface area contributed by atoms with Crippen LogP contribution in [-0.2, 0) is 6.54 Å². The van der Waals surface area contributed by atoms with E-state index in [1.165, 1.54) is 5.56 Å². The van der Waals surface area contributed by atoms with Gasteiger partial charge >= 0.3 is 0 Å². The van der Waals surface area contributed by atoms with E-state index in [1.807, 2.05) is 19.1 Å². The maximum atomic E-state index is 5.61. The Morgan fingerprint density at radius 1 is 1.05 bits per heavy atom. The Bertz CT molecular complexity index is 333. The van der Waals surface area contributed by atoms with Crippen LogP contribution in [0.4, 0.5) is 0 Å². The van der Waals surface area contributed by atoms with Gasteiger partial charge < -0.3 is 15.0 Å². The number of rotatable bonds is 9. The van der Waals surface area contributed by atoms with Crippen LogP contribution in [0, 0.1) is 0 Å². The largest absolute Gasteiger partial charge is 0.494 e. The first-order valence-electron chi connectivity index (χ1n) is 6.95. The van der Waals surface area contributed by atoms with Crippen molar-refractivity contribution in [3.05, 3.63) is 29.8 Å². The fraction of sp³-hybridized carbons (Fsp3) is 0.600. The van der Waals surface area contributed by atoms with Crippen LogP contribution in [0.1, 0.15) is 26.3 Å². The van der Waals surface area contributed by atoms with Crippen molar-refractivity contribution in [3.8, 4) is 5.75 Å². The Hall–Kier alpha value is -0.480. The molecular formula is C15H28Cl2N2O. The average molecular weight is 323 g/mol. The summed E-state index contributed by atoms with van der Waals surface area (Å²) in [6.45, 7) is 12.4. The van der Waals surface area contributed by atoms with Crippen LogP contribution in [0.2, 0.25) is 0 Å². The third-order valence-electron chi connectivity index (χ3n) is 3.09. The minimum Gasteiger partial charge on any atom is -0.494 e. The molecule has 5 heteroatoms.